The number of carboxylic acid groups (broad SMARTS) is 1. The number of nitrogens with two attached hydrogens (primary N) is 2. The molecule has 36 nitrogen and oxygen atoms in total. The number of hydrogen-bond acceptors (Lipinski definition) is 19. The number of carbonyl (C=O) groups is 17. The normalized spacial score (nSPS) is 24.0. The quantitative estimate of drug-likeness (QED) is 0.0398. The molecule has 129 heavy (non-hydrogen) atoms. The van der Waals surface area contributed by atoms with Crippen LogP contribution < -0.4 is 59.3 Å². The summed E-state index contributed by atoms with van der Waals surface area (Å²) in [7, 11) is 3.99. The van der Waals surface area contributed by atoms with Crippen LogP contribution in [0.15, 0.2) is 109 Å². The number of amides is 16. The molecule has 3 aliphatic heterocycles. The minimum absolute atomic E-state index is 0.00835. The molecule has 0 bridgehead atoms. The van der Waals surface area contributed by atoms with Gasteiger partial charge in [0.15, 0.2) is 0 Å². The van der Waals surface area contributed by atoms with Gasteiger partial charge in [-0.25, -0.2) is 4.39 Å². The highest BCUT2D eigenvalue weighted by Crippen LogP contribution is 2.28. The summed E-state index contributed by atoms with van der Waals surface area (Å²) in [5.41, 5.74) is 13.7. The van der Waals surface area contributed by atoms with Gasteiger partial charge in [-0.15, -0.1) is 11.8 Å². The standard InChI is InChI=1S/C91H124FN17O19S/c1-10-12-26-69-84(121)98-62(38-39-74(93)111)88(125)108-40-20-19-28-70(108)85(122)101-65(46-57-48-95-61-25-18-17-24-60(57)61)82(119)100-64(43-56-32-36-59(110)37-33-56)81(118)99-63(42-52(3)4)80(117)103-68(79(116)96-49-75(94)112)50-129-51-76(113)97-67(44-55-30-34-58(92)35-31-55)87(124)107(9)73(45-54-22-15-14-16-23-54)89(126)106(8)72(27-13-11-2)90(127)109-41-21-29-71(109)86(123)102-66(47-77(114)115)83(120)104-78(53(5)6)91(128)105(69)7/h14-18,22-25,30-37,48,52-53,62-73,78,95,110H,10-13,19-21,26-29,38-47,49-51H2,1-9H3,(H2,93,111)(H2,94,112)(H,96,116)(H,97,113)(H,98,121)(H,99,118)(H,100,119)(H,101,122)(H,102,123)(H,103,117)(H,104,120)(H,114,115)/t62-,63-,64-,65-,66-,67-,68-,69-,70+,71+,72-,73-,78-/m0/s1. The van der Waals surface area contributed by atoms with Gasteiger partial charge in [0.2, 0.25) is 94.5 Å². The number of nitrogens with zero attached hydrogens (tertiary/aromatic N) is 5. The Morgan fingerprint density at radius 1 is 0.512 bits per heavy atom. The summed E-state index contributed by atoms with van der Waals surface area (Å²) in [6.07, 6.45) is 1.22. The minimum atomic E-state index is -1.89. The first-order chi connectivity index (χ1) is 61.4. The number of primary amides is 2. The van der Waals surface area contributed by atoms with Crippen LogP contribution in [0.25, 0.3) is 10.9 Å². The fourth-order valence-corrected chi connectivity index (χ4v) is 17.1. The van der Waals surface area contributed by atoms with Crippen LogP contribution in [0.5, 0.6) is 5.75 Å². The van der Waals surface area contributed by atoms with Gasteiger partial charge < -0.3 is 99.0 Å². The first kappa shape index (κ1) is 102. The van der Waals surface area contributed by atoms with Crippen molar-refractivity contribution in [3.8, 4) is 5.75 Å². The Morgan fingerprint density at radius 2 is 1.04 bits per heavy atom. The lowest BCUT2D eigenvalue weighted by Gasteiger charge is -2.38. The third-order valence-corrected chi connectivity index (χ3v) is 24.4. The van der Waals surface area contributed by atoms with E-state index in [4.69, 9.17) is 11.5 Å². The van der Waals surface area contributed by atoms with E-state index in [0.717, 1.165) is 33.7 Å². The zero-order valence-corrected chi connectivity index (χ0v) is 75.4. The first-order valence-electron chi connectivity index (χ1n) is 44.0. The van der Waals surface area contributed by atoms with Crippen LogP contribution in [0.1, 0.15) is 160 Å². The molecule has 0 radical (unpaired) electrons. The molecule has 13 atom stereocenters. The summed E-state index contributed by atoms with van der Waals surface area (Å²) in [6, 6.07) is 6.64. The van der Waals surface area contributed by atoms with E-state index in [2.05, 4.69) is 52.8 Å². The van der Waals surface area contributed by atoms with E-state index in [1.54, 1.807) is 88.5 Å². The van der Waals surface area contributed by atoms with Gasteiger partial charge in [-0.3, -0.25) is 81.5 Å². The molecule has 1 aromatic heterocycles. The highest BCUT2D eigenvalue weighted by Gasteiger charge is 2.46. The molecule has 16 amide bonds. The van der Waals surface area contributed by atoms with Crippen LogP contribution >= 0.6 is 11.8 Å². The van der Waals surface area contributed by atoms with E-state index >= 15 is 47.9 Å². The summed E-state index contributed by atoms with van der Waals surface area (Å²) in [5, 5.41) is 45.4. The number of benzene rings is 4. The predicted octanol–water partition coefficient (Wildman–Crippen LogP) is 2.19. The van der Waals surface area contributed by atoms with E-state index < -0.39 is 228 Å². The van der Waals surface area contributed by atoms with Crippen LogP contribution in [0, 0.1) is 17.7 Å². The number of piperidine rings is 1. The van der Waals surface area contributed by atoms with Crippen molar-refractivity contribution in [2.45, 2.75) is 242 Å². The van der Waals surface area contributed by atoms with Crippen LogP contribution in [0.3, 0.4) is 0 Å². The molecular weight excluding hydrogens is 1690 g/mol. The maximum Gasteiger partial charge on any atom is 0.305 e. The van der Waals surface area contributed by atoms with Gasteiger partial charge in [-0.2, -0.15) is 0 Å². The number of para-hydroxylation sites is 1. The summed E-state index contributed by atoms with van der Waals surface area (Å²) < 4.78 is 14.6. The molecule has 3 aliphatic rings. The number of aromatic nitrogens is 1. The molecular formula is C91H124FN17O19S. The Bertz CT molecular complexity index is 4790. The summed E-state index contributed by atoms with van der Waals surface area (Å²) in [6.45, 7) is 9.45. The Labute approximate surface area is 753 Å². The molecule has 16 N–H and O–H groups in total. The smallest absolute Gasteiger partial charge is 0.305 e. The predicted molar refractivity (Wildman–Crippen MR) is 477 cm³/mol. The maximum atomic E-state index is 15.7. The van der Waals surface area contributed by atoms with Gasteiger partial charge >= 0.3 is 5.97 Å². The molecule has 4 heterocycles. The van der Waals surface area contributed by atoms with Crippen molar-refractivity contribution in [3.05, 3.63) is 137 Å². The fraction of sp³-hybridized carbons (Fsp3) is 0.527. The van der Waals surface area contributed by atoms with Crippen molar-refractivity contribution in [1.82, 2.24) is 77.3 Å². The number of rotatable bonds is 25. The van der Waals surface area contributed by atoms with Gasteiger partial charge in [-0.05, 0) is 122 Å². The topological polar surface area (TPSA) is 523 Å². The third kappa shape index (κ3) is 29.5. The van der Waals surface area contributed by atoms with Gasteiger partial charge in [0, 0.05) is 89.2 Å². The second-order valence-corrected chi connectivity index (χ2v) is 35.0. The zero-order chi connectivity index (χ0) is 94.5. The lowest BCUT2D eigenvalue weighted by molar-refractivity contribution is -0.152. The number of nitrogens with one attached hydrogen (secondary N) is 10. The number of halogens is 1. The summed E-state index contributed by atoms with van der Waals surface area (Å²) in [4.78, 5) is 258. The van der Waals surface area contributed by atoms with Crippen LogP contribution in [-0.2, 0) is 107 Å². The number of phenols is 1. The van der Waals surface area contributed by atoms with E-state index in [0.29, 0.717) is 71.7 Å². The number of H-pyrrole nitrogens is 1. The third-order valence-electron chi connectivity index (χ3n) is 23.4. The zero-order valence-electron chi connectivity index (χ0n) is 74.5. The second kappa shape index (κ2) is 49.2. The number of aliphatic carboxylic acids is 1. The lowest BCUT2D eigenvalue weighted by Crippen LogP contribution is -2.62. The number of carbonyl (C=O) groups excluding carboxylic acids is 16. The average Bonchev–Trinajstić information content (AvgIpc) is 1.75. The Balaban J connectivity index is 1.22. The molecule has 5 aromatic rings. The summed E-state index contributed by atoms with van der Waals surface area (Å²) >= 11 is 0.790. The van der Waals surface area contributed by atoms with Crippen molar-refractivity contribution >= 4 is 123 Å². The highest BCUT2D eigenvalue weighted by molar-refractivity contribution is 8.00. The molecule has 8 rings (SSSR count). The van der Waals surface area contributed by atoms with E-state index in [1.165, 1.54) is 72.2 Å². The number of hydrogen-bond donors (Lipinski definition) is 14. The van der Waals surface area contributed by atoms with Crippen molar-refractivity contribution in [2.75, 3.05) is 52.3 Å². The molecule has 0 saturated carbocycles. The number of unbranched alkanes of at least 4 members (excludes halogenated alkanes) is 2. The van der Waals surface area contributed by atoms with Crippen molar-refractivity contribution in [1.29, 1.82) is 0 Å². The van der Waals surface area contributed by atoms with Crippen LogP contribution in [-0.4, -0.2) is 271 Å². The average molecular weight is 1810 g/mol. The molecule has 4 aromatic carbocycles. The largest absolute Gasteiger partial charge is 0.508 e. The van der Waals surface area contributed by atoms with Crippen LogP contribution in [0.4, 0.5) is 4.39 Å². The van der Waals surface area contributed by atoms with Crippen LogP contribution in [0.2, 0.25) is 0 Å². The number of fused-ring (bicyclic) bond motifs is 3. The monoisotopic (exact) mass is 1810 g/mol. The van der Waals surface area contributed by atoms with Crippen molar-refractivity contribution in [3.63, 3.8) is 0 Å². The molecule has 700 valence electrons. The van der Waals surface area contributed by atoms with E-state index in [9.17, 15) is 48.2 Å². The lowest BCUT2D eigenvalue weighted by atomic mass is 9.97. The van der Waals surface area contributed by atoms with E-state index in [1.807, 2.05) is 13.8 Å². The molecule has 0 unspecified atom stereocenters. The number of likely N-dealkylation sites (N-methyl/N-ethyl adjacent to an activating group) is 3. The van der Waals surface area contributed by atoms with E-state index in [-0.39, 0.29) is 89.0 Å². The molecule has 3 saturated heterocycles. The molecule has 3 fully saturated rings. The van der Waals surface area contributed by atoms with Gasteiger partial charge in [0.25, 0.3) is 0 Å². The number of carboxylic acids is 1. The van der Waals surface area contributed by atoms with Crippen molar-refractivity contribution < 1.29 is 96.1 Å². The molecule has 0 aliphatic carbocycles. The van der Waals surface area contributed by atoms with Gasteiger partial charge in [0.1, 0.15) is 90.1 Å². The first-order valence-corrected chi connectivity index (χ1v) is 45.1. The second-order valence-electron chi connectivity index (χ2n) is 34.0. The number of aromatic hydroxyl groups is 1. The highest BCUT2D eigenvalue weighted by atomic mass is 32.2. The molecule has 0 spiro atoms. The minimum Gasteiger partial charge on any atom is -0.508 e. The van der Waals surface area contributed by atoms with Gasteiger partial charge in [-0.1, -0.05) is 140 Å². The Morgan fingerprint density at radius 3 is 1.66 bits per heavy atom. The Hall–Kier alpha value is -12.5. The molecule has 38 heteroatoms. The van der Waals surface area contributed by atoms with Crippen molar-refractivity contribution in [2.24, 2.45) is 23.3 Å². The SMILES string of the molecule is CCCC[C@H]1C(=O)N[C@@H](CCC(N)=O)C(=O)N2CCCC[C@@H]2C(=O)N[C@@H](Cc2c[nH]c3ccccc23)C(=O)N[C@@H](Cc2ccc(O)cc2)C(=O)N[C@@H](CC(C)C)C(=O)N[C@H](C(=O)NCC(N)=O)CSCC(=O)N[C@@H](Cc2ccc(F)cc2)C(=O)N(C)[C@@H](Cc2ccccc2)C(=O)N(C)[C@@H](CCCC)C(=O)N2CCC[C@@H]2C(=O)N[C@@H](CC(=O)O)C(=O)N[C@@H](C(C)C)C(=O)N1C. The Kier molecular flexibility index (Phi) is 38.8. The summed E-state index contributed by atoms with van der Waals surface area (Å²) in [5.74, 6) is -18.8. The van der Waals surface area contributed by atoms with Gasteiger partial charge in [0.05, 0.1) is 18.7 Å². The number of thioether (sulfide) groups is 1. The fourth-order valence-electron chi connectivity index (χ4n) is 16.2. The number of phenolic OH excluding ortho intramolecular Hbond substituents is 1. The maximum absolute atomic E-state index is 15.7. The number of aromatic amines is 1.